The maximum absolute atomic E-state index is 5.42. The minimum Gasteiger partial charge on any atom is -0.371 e. The van der Waals surface area contributed by atoms with Gasteiger partial charge in [0.1, 0.15) is 6.61 Å². The summed E-state index contributed by atoms with van der Waals surface area (Å²) in [7, 11) is 0. The van der Waals surface area contributed by atoms with E-state index in [9.17, 15) is 0 Å². The standard InChI is InChI=1S/C11H18N2O2/c1-8(2)14-7-11-5-10(13-15-11)6-12-9-3-4-9/h5,8-9,12H,3-4,6-7H2,1-2H3. The fourth-order valence-corrected chi connectivity index (χ4v) is 1.29. The number of nitrogens with one attached hydrogen (secondary N) is 1. The Kier molecular flexibility index (Phi) is 3.38. The summed E-state index contributed by atoms with van der Waals surface area (Å²) in [5.41, 5.74) is 0.962. The van der Waals surface area contributed by atoms with Crippen LogP contribution in [0.3, 0.4) is 0 Å². The highest BCUT2D eigenvalue weighted by Crippen LogP contribution is 2.19. The smallest absolute Gasteiger partial charge is 0.162 e. The fraction of sp³-hybridized carbons (Fsp3) is 0.727. The second-order valence-electron chi connectivity index (χ2n) is 4.30. The lowest BCUT2D eigenvalue weighted by Gasteiger charge is -2.03. The molecule has 1 aliphatic rings. The molecule has 1 heterocycles. The van der Waals surface area contributed by atoms with E-state index < -0.39 is 0 Å². The average molecular weight is 210 g/mol. The van der Waals surface area contributed by atoms with Crippen LogP contribution in [0.2, 0.25) is 0 Å². The van der Waals surface area contributed by atoms with E-state index in [-0.39, 0.29) is 6.10 Å². The van der Waals surface area contributed by atoms with Crippen LogP contribution in [0.15, 0.2) is 10.6 Å². The quantitative estimate of drug-likeness (QED) is 0.778. The van der Waals surface area contributed by atoms with Crippen molar-refractivity contribution >= 4 is 0 Å². The van der Waals surface area contributed by atoms with Gasteiger partial charge in [0.15, 0.2) is 5.76 Å². The number of rotatable bonds is 6. The highest BCUT2D eigenvalue weighted by Gasteiger charge is 2.20. The lowest BCUT2D eigenvalue weighted by molar-refractivity contribution is 0.0512. The van der Waals surface area contributed by atoms with E-state index in [2.05, 4.69) is 10.5 Å². The van der Waals surface area contributed by atoms with Crippen LogP contribution in [-0.4, -0.2) is 17.3 Å². The van der Waals surface area contributed by atoms with Crippen molar-refractivity contribution in [2.24, 2.45) is 0 Å². The minimum absolute atomic E-state index is 0.225. The Morgan fingerprint density at radius 2 is 2.40 bits per heavy atom. The van der Waals surface area contributed by atoms with Crippen molar-refractivity contribution in [2.45, 2.75) is 52.0 Å². The molecule has 1 N–H and O–H groups in total. The molecule has 1 fully saturated rings. The van der Waals surface area contributed by atoms with Crippen LogP contribution in [-0.2, 0) is 17.9 Å². The van der Waals surface area contributed by atoms with Gasteiger partial charge in [-0.15, -0.1) is 0 Å². The summed E-state index contributed by atoms with van der Waals surface area (Å²) in [5, 5.41) is 7.36. The van der Waals surface area contributed by atoms with Crippen molar-refractivity contribution in [3.8, 4) is 0 Å². The molecule has 1 aliphatic carbocycles. The SMILES string of the molecule is CC(C)OCc1cc(CNC2CC2)no1. The molecular weight excluding hydrogens is 192 g/mol. The van der Waals surface area contributed by atoms with Crippen LogP contribution in [0.5, 0.6) is 0 Å². The molecule has 4 nitrogen and oxygen atoms in total. The normalized spacial score (nSPS) is 16.2. The van der Waals surface area contributed by atoms with Gasteiger partial charge in [0, 0.05) is 18.7 Å². The van der Waals surface area contributed by atoms with E-state index in [1.54, 1.807) is 0 Å². The van der Waals surface area contributed by atoms with Crippen LogP contribution in [0.1, 0.15) is 38.1 Å². The zero-order chi connectivity index (χ0) is 10.7. The molecule has 0 aromatic carbocycles. The molecule has 0 radical (unpaired) electrons. The van der Waals surface area contributed by atoms with E-state index in [1.165, 1.54) is 12.8 Å². The van der Waals surface area contributed by atoms with Gasteiger partial charge in [-0.2, -0.15) is 0 Å². The van der Waals surface area contributed by atoms with Crippen molar-refractivity contribution in [3.05, 3.63) is 17.5 Å². The molecule has 0 amide bonds. The van der Waals surface area contributed by atoms with Crippen molar-refractivity contribution < 1.29 is 9.26 Å². The van der Waals surface area contributed by atoms with Crippen LogP contribution >= 0.6 is 0 Å². The summed E-state index contributed by atoms with van der Waals surface area (Å²) >= 11 is 0. The Bertz CT molecular complexity index is 285. The van der Waals surface area contributed by atoms with E-state index in [0.717, 1.165) is 18.0 Å². The first-order chi connectivity index (χ1) is 7.24. The molecule has 84 valence electrons. The highest BCUT2D eigenvalue weighted by molar-refractivity contribution is 5.04. The Balaban J connectivity index is 1.75. The van der Waals surface area contributed by atoms with E-state index in [0.29, 0.717) is 12.6 Å². The predicted octanol–water partition coefficient (Wildman–Crippen LogP) is 1.85. The highest BCUT2D eigenvalue weighted by atomic mass is 16.5. The lowest BCUT2D eigenvalue weighted by atomic mass is 10.3. The van der Waals surface area contributed by atoms with Crippen LogP contribution in [0.4, 0.5) is 0 Å². The number of nitrogens with zero attached hydrogens (tertiary/aromatic N) is 1. The van der Waals surface area contributed by atoms with Gasteiger partial charge in [0.2, 0.25) is 0 Å². The number of hydrogen-bond acceptors (Lipinski definition) is 4. The third-order valence-electron chi connectivity index (χ3n) is 2.32. The van der Waals surface area contributed by atoms with Crippen molar-refractivity contribution in [3.63, 3.8) is 0 Å². The summed E-state index contributed by atoms with van der Waals surface area (Å²) in [6.45, 7) is 5.32. The molecule has 15 heavy (non-hydrogen) atoms. The molecule has 0 bridgehead atoms. The molecule has 1 aromatic rings. The predicted molar refractivity (Wildman–Crippen MR) is 56.3 cm³/mol. The van der Waals surface area contributed by atoms with Gasteiger partial charge in [0.25, 0.3) is 0 Å². The summed E-state index contributed by atoms with van der Waals surface area (Å²) in [6.07, 6.45) is 2.81. The maximum atomic E-state index is 5.42. The first kappa shape index (κ1) is 10.6. The van der Waals surface area contributed by atoms with Crippen LogP contribution < -0.4 is 5.32 Å². The molecule has 0 saturated heterocycles. The molecule has 0 atom stereocenters. The molecule has 0 aliphatic heterocycles. The molecule has 0 spiro atoms. The molecule has 1 aromatic heterocycles. The Morgan fingerprint density at radius 3 is 3.07 bits per heavy atom. The molecule has 4 heteroatoms. The summed E-state index contributed by atoms with van der Waals surface area (Å²) in [5.74, 6) is 0.802. The van der Waals surface area contributed by atoms with Gasteiger partial charge in [-0.05, 0) is 26.7 Å². The Hall–Kier alpha value is -0.870. The summed E-state index contributed by atoms with van der Waals surface area (Å²) < 4.78 is 10.6. The maximum Gasteiger partial charge on any atom is 0.162 e. The van der Waals surface area contributed by atoms with Crippen molar-refractivity contribution in [1.29, 1.82) is 0 Å². The first-order valence-electron chi connectivity index (χ1n) is 5.53. The van der Waals surface area contributed by atoms with Crippen molar-refractivity contribution in [2.75, 3.05) is 0 Å². The number of hydrogen-bond donors (Lipinski definition) is 1. The van der Waals surface area contributed by atoms with Crippen molar-refractivity contribution in [1.82, 2.24) is 10.5 Å². The second-order valence-corrected chi connectivity index (χ2v) is 4.30. The summed E-state index contributed by atoms with van der Waals surface area (Å²) in [4.78, 5) is 0. The van der Waals surface area contributed by atoms with E-state index >= 15 is 0 Å². The fourth-order valence-electron chi connectivity index (χ4n) is 1.29. The number of ether oxygens (including phenoxy) is 1. The van der Waals surface area contributed by atoms with Crippen LogP contribution in [0.25, 0.3) is 0 Å². The van der Waals surface area contributed by atoms with Gasteiger partial charge >= 0.3 is 0 Å². The number of aromatic nitrogens is 1. The van der Waals surface area contributed by atoms with Gasteiger partial charge in [-0.1, -0.05) is 5.16 Å². The Labute approximate surface area is 90.0 Å². The molecular formula is C11H18N2O2. The largest absolute Gasteiger partial charge is 0.371 e. The molecule has 2 rings (SSSR count). The minimum atomic E-state index is 0.225. The third-order valence-corrected chi connectivity index (χ3v) is 2.32. The summed E-state index contributed by atoms with van der Waals surface area (Å²) in [6, 6.07) is 2.66. The first-order valence-corrected chi connectivity index (χ1v) is 5.53. The zero-order valence-electron chi connectivity index (χ0n) is 9.32. The Morgan fingerprint density at radius 1 is 1.60 bits per heavy atom. The van der Waals surface area contributed by atoms with Gasteiger partial charge in [0.05, 0.1) is 11.8 Å². The van der Waals surface area contributed by atoms with Gasteiger partial charge in [-0.25, -0.2) is 0 Å². The lowest BCUT2D eigenvalue weighted by Crippen LogP contribution is -2.15. The molecule has 1 saturated carbocycles. The van der Waals surface area contributed by atoms with Gasteiger partial charge < -0.3 is 14.6 Å². The van der Waals surface area contributed by atoms with Gasteiger partial charge in [-0.3, -0.25) is 0 Å². The zero-order valence-corrected chi connectivity index (χ0v) is 9.32. The average Bonchev–Trinajstić information content (AvgIpc) is 2.92. The topological polar surface area (TPSA) is 47.3 Å². The van der Waals surface area contributed by atoms with E-state index in [1.807, 2.05) is 19.9 Å². The molecule has 0 unspecified atom stereocenters. The van der Waals surface area contributed by atoms with Crippen LogP contribution in [0, 0.1) is 0 Å². The van der Waals surface area contributed by atoms with E-state index in [4.69, 9.17) is 9.26 Å². The third kappa shape index (κ3) is 3.64. The monoisotopic (exact) mass is 210 g/mol. The second kappa shape index (κ2) is 4.77.